The van der Waals surface area contributed by atoms with E-state index in [-0.39, 0.29) is 18.3 Å². The summed E-state index contributed by atoms with van der Waals surface area (Å²) in [6.07, 6.45) is 4.93. The molecule has 1 amide bonds. The van der Waals surface area contributed by atoms with Gasteiger partial charge in [-0.2, -0.15) is 4.98 Å². The van der Waals surface area contributed by atoms with Crippen molar-refractivity contribution in [1.29, 1.82) is 0 Å². The quantitative estimate of drug-likeness (QED) is 0.884. The van der Waals surface area contributed by atoms with Gasteiger partial charge in [0, 0.05) is 19.0 Å². The standard InChI is InChI=1S/C17H22N4O2.ClH/c1-12(22)20-17(9-3-2-4-10-17)16-19-15(21-23-16)14-7-5-13(11-18)6-8-14;/h5-8H,2-4,9-11,18H2,1H3,(H,20,22);1H. The Morgan fingerprint density at radius 1 is 1.25 bits per heavy atom. The summed E-state index contributed by atoms with van der Waals surface area (Å²) in [6, 6.07) is 7.77. The van der Waals surface area contributed by atoms with E-state index in [2.05, 4.69) is 15.5 Å². The van der Waals surface area contributed by atoms with Gasteiger partial charge in [0.25, 0.3) is 5.89 Å². The number of hydrogen-bond acceptors (Lipinski definition) is 5. The third-order valence-electron chi connectivity index (χ3n) is 4.41. The topological polar surface area (TPSA) is 94.0 Å². The third kappa shape index (κ3) is 3.76. The first kappa shape index (κ1) is 18.4. The molecule has 24 heavy (non-hydrogen) atoms. The van der Waals surface area contributed by atoms with Gasteiger partial charge >= 0.3 is 0 Å². The molecule has 3 N–H and O–H groups in total. The summed E-state index contributed by atoms with van der Waals surface area (Å²) in [6.45, 7) is 2.03. The number of carbonyl (C=O) groups excluding carboxylic acids is 1. The van der Waals surface area contributed by atoms with Crippen LogP contribution in [0.25, 0.3) is 11.4 Å². The first-order valence-corrected chi connectivity index (χ1v) is 8.05. The molecule has 6 nitrogen and oxygen atoms in total. The highest BCUT2D eigenvalue weighted by Gasteiger charge is 2.40. The van der Waals surface area contributed by atoms with Crippen molar-refractivity contribution in [1.82, 2.24) is 15.5 Å². The van der Waals surface area contributed by atoms with Gasteiger partial charge in [0.1, 0.15) is 5.54 Å². The number of nitrogens with one attached hydrogen (secondary N) is 1. The molecule has 1 aliphatic carbocycles. The molecule has 130 valence electrons. The summed E-state index contributed by atoms with van der Waals surface area (Å²) in [7, 11) is 0. The molecule has 0 aliphatic heterocycles. The molecular weight excluding hydrogens is 328 g/mol. The fourth-order valence-electron chi connectivity index (χ4n) is 3.21. The van der Waals surface area contributed by atoms with Gasteiger partial charge in [0.05, 0.1) is 0 Å². The summed E-state index contributed by atoms with van der Waals surface area (Å²) >= 11 is 0. The lowest BCUT2D eigenvalue weighted by Crippen LogP contribution is -2.46. The van der Waals surface area contributed by atoms with Gasteiger partial charge in [-0.1, -0.05) is 48.7 Å². The second-order valence-corrected chi connectivity index (χ2v) is 6.15. The van der Waals surface area contributed by atoms with Crippen molar-refractivity contribution in [2.24, 2.45) is 5.73 Å². The van der Waals surface area contributed by atoms with Gasteiger partial charge < -0.3 is 15.6 Å². The Morgan fingerprint density at radius 3 is 2.50 bits per heavy atom. The lowest BCUT2D eigenvalue weighted by Gasteiger charge is -2.34. The molecule has 1 heterocycles. The van der Waals surface area contributed by atoms with Gasteiger partial charge in [-0.05, 0) is 18.4 Å². The Hall–Kier alpha value is -1.92. The number of halogens is 1. The Bertz CT molecular complexity index is 678. The maximum atomic E-state index is 11.6. The van der Waals surface area contributed by atoms with Crippen molar-refractivity contribution >= 4 is 18.3 Å². The van der Waals surface area contributed by atoms with E-state index in [0.29, 0.717) is 18.3 Å². The van der Waals surface area contributed by atoms with Crippen LogP contribution in [0.3, 0.4) is 0 Å². The van der Waals surface area contributed by atoms with Crippen molar-refractivity contribution in [3.63, 3.8) is 0 Å². The van der Waals surface area contributed by atoms with Crippen molar-refractivity contribution < 1.29 is 9.32 Å². The highest BCUT2D eigenvalue weighted by Crippen LogP contribution is 2.37. The monoisotopic (exact) mass is 350 g/mol. The molecule has 1 aromatic heterocycles. The number of amides is 1. The van der Waals surface area contributed by atoms with E-state index in [9.17, 15) is 4.79 Å². The highest BCUT2D eigenvalue weighted by molar-refractivity contribution is 5.85. The van der Waals surface area contributed by atoms with E-state index < -0.39 is 5.54 Å². The third-order valence-corrected chi connectivity index (χ3v) is 4.41. The zero-order chi connectivity index (χ0) is 16.3. The molecule has 1 saturated carbocycles. The lowest BCUT2D eigenvalue weighted by atomic mass is 9.81. The maximum absolute atomic E-state index is 11.6. The van der Waals surface area contributed by atoms with Crippen LogP contribution in [-0.4, -0.2) is 16.0 Å². The number of nitrogens with zero attached hydrogens (tertiary/aromatic N) is 2. The Labute approximate surface area is 147 Å². The minimum Gasteiger partial charge on any atom is -0.342 e. The van der Waals surface area contributed by atoms with Gasteiger partial charge in [-0.3, -0.25) is 4.79 Å². The zero-order valence-electron chi connectivity index (χ0n) is 13.7. The molecule has 1 aliphatic rings. The minimum absolute atomic E-state index is 0. The number of nitrogens with two attached hydrogens (primary N) is 1. The molecule has 7 heteroatoms. The Morgan fingerprint density at radius 2 is 1.92 bits per heavy atom. The molecule has 3 rings (SSSR count). The van der Waals surface area contributed by atoms with Crippen LogP contribution < -0.4 is 11.1 Å². The number of carbonyl (C=O) groups is 1. The zero-order valence-corrected chi connectivity index (χ0v) is 14.6. The molecule has 0 unspecified atom stereocenters. The van der Waals surface area contributed by atoms with E-state index >= 15 is 0 Å². The van der Waals surface area contributed by atoms with Crippen molar-refractivity contribution in [2.75, 3.05) is 0 Å². The Balaban J connectivity index is 0.00000208. The molecular formula is C17H23ClN4O2. The van der Waals surface area contributed by atoms with Crippen LogP contribution >= 0.6 is 12.4 Å². The molecule has 0 saturated heterocycles. The summed E-state index contributed by atoms with van der Waals surface area (Å²) in [5, 5.41) is 7.14. The molecule has 1 aromatic carbocycles. The van der Waals surface area contributed by atoms with Crippen LogP contribution in [0.2, 0.25) is 0 Å². The van der Waals surface area contributed by atoms with Gasteiger partial charge in [-0.25, -0.2) is 0 Å². The van der Waals surface area contributed by atoms with Gasteiger partial charge in [-0.15, -0.1) is 12.4 Å². The SMILES string of the molecule is CC(=O)NC1(c2nc(-c3ccc(CN)cc3)no2)CCCCC1.Cl. The molecule has 0 bridgehead atoms. The van der Waals surface area contributed by atoms with Crippen LogP contribution in [0.1, 0.15) is 50.5 Å². The number of benzene rings is 1. The van der Waals surface area contributed by atoms with Crippen LogP contribution in [0.4, 0.5) is 0 Å². The summed E-state index contributed by atoms with van der Waals surface area (Å²) in [5.74, 6) is 0.975. The minimum atomic E-state index is -0.521. The van der Waals surface area contributed by atoms with Crippen LogP contribution in [0.15, 0.2) is 28.8 Å². The summed E-state index contributed by atoms with van der Waals surface area (Å²) < 4.78 is 5.52. The van der Waals surface area contributed by atoms with Crippen LogP contribution in [0, 0.1) is 0 Å². The largest absolute Gasteiger partial charge is 0.342 e. The first-order valence-electron chi connectivity index (χ1n) is 8.05. The normalized spacial score (nSPS) is 16.2. The molecule has 1 fully saturated rings. The number of aromatic nitrogens is 2. The van der Waals surface area contributed by atoms with Gasteiger partial charge in [0.15, 0.2) is 0 Å². The molecule has 0 spiro atoms. The summed E-state index contributed by atoms with van der Waals surface area (Å²) in [5.41, 5.74) is 7.03. The van der Waals surface area contributed by atoms with Crippen LogP contribution in [-0.2, 0) is 16.9 Å². The fraction of sp³-hybridized carbons (Fsp3) is 0.471. The average molecular weight is 351 g/mol. The summed E-state index contributed by atoms with van der Waals surface area (Å²) in [4.78, 5) is 16.2. The van der Waals surface area contributed by atoms with Crippen LogP contribution in [0.5, 0.6) is 0 Å². The molecule has 0 radical (unpaired) electrons. The number of hydrogen-bond donors (Lipinski definition) is 2. The fourth-order valence-corrected chi connectivity index (χ4v) is 3.21. The predicted molar refractivity (Wildman–Crippen MR) is 93.5 cm³/mol. The second-order valence-electron chi connectivity index (χ2n) is 6.15. The number of rotatable bonds is 4. The average Bonchev–Trinajstić information content (AvgIpc) is 3.06. The second kappa shape index (κ2) is 7.77. The molecule has 2 aromatic rings. The smallest absolute Gasteiger partial charge is 0.252 e. The lowest BCUT2D eigenvalue weighted by molar-refractivity contribution is -0.121. The van der Waals surface area contributed by atoms with Crippen molar-refractivity contribution in [3.8, 4) is 11.4 Å². The maximum Gasteiger partial charge on any atom is 0.252 e. The van der Waals surface area contributed by atoms with E-state index in [0.717, 1.165) is 36.8 Å². The van der Waals surface area contributed by atoms with E-state index in [4.69, 9.17) is 10.3 Å². The highest BCUT2D eigenvalue weighted by atomic mass is 35.5. The Kier molecular flexibility index (Phi) is 5.96. The van der Waals surface area contributed by atoms with E-state index in [1.807, 2.05) is 24.3 Å². The predicted octanol–water partition coefficient (Wildman–Crippen LogP) is 2.91. The van der Waals surface area contributed by atoms with Gasteiger partial charge in [0.2, 0.25) is 11.7 Å². The van der Waals surface area contributed by atoms with E-state index in [1.54, 1.807) is 0 Å². The van der Waals surface area contributed by atoms with E-state index in [1.165, 1.54) is 13.3 Å². The first-order chi connectivity index (χ1) is 11.1. The van der Waals surface area contributed by atoms with Crippen molar-refractivity contribution in [2.45, 2.75) is 51.1 Å². The van der Waals surface area contributed by atoms with Crippen molar-refractivity contribution in [3.05, 3.63) is 35.7 Å². The molecule has 0 atom stereocenters.